The van der Waals surface area contributed by atoms with E-state index in [2.05, 4.69) is 15.1 Å². The molecule has 1 aromatic heterocycles. The van der Waals surface area contributed by atoms with E-state index >= 15 is 0 Å². The van der Waals surface area contributed by atoms with E-state index in [1.54, 1.807) is 35.1 Å². The lowest BCUT2D eigenvalue weighted by Crippen LogP contribution is -2.18. The molecule has 0 atom stereocenters. The highest BCUT2D eigenvalue weighted by molar-refractivity contribution is 7.89. The lowest BCUT2D eigenvalue weighted by atomic mass is 10.3. The fourth-order valence-electron chi connectivity index (χ4n) is 1.49. The summed E-state index contributed by atoms with van der Waals surface area (Å²) in [4.78, 5) is 0.238. The van der Waals surface area contributed by atoms with Gasteiger partial charge in [-0.3, -0.25) is 4.68 Å². The zero-order chi connectivity index (χ0) is 13.2. The number of anilines is 2. The molecule has 0 saturated carbocycles. The first-order valence-electron chi connectivity index (χ1n) is 5.30. The summed E-state index contributed by atoms with van der Waals surface area (Å²) >= 11 is 0. The van der Waals surface area contributed by atoms with Gasteiger partial charge in [0.2, 0.25) is 10.0 Å². The predicted molar refractivity (Wildman–Crippen MR) is 69.2 cm³/mol. The number of hydrogen-bond acceptors (Lipinski definition) is 4. The number of aryl methyl sites for hydroxylation is 1. The largest absolute Gasteiger partial charge is 0.353 e. The first-order valence-corrected chi connectivity index (χ1v) is 6.79. The van der Waals surface area contributed by atoms with Gasteiger partial charge >= 0.3 is 0 Å². The second-order valence-corrected chi connectivity index (χ2v) is 5.65. The first kappa shape index (κ1) is 12.6. The molecule has 0 saturated heterocycles. The number of nitrogens with one attached hydrogen (secondary N) is 2. The molecule has 0 spiro atoms. The van der Waals surface area contributed by atoms with Crippen molar-refractivity contribution < 1.29 is 8.42 Å². The molecule has 0 amide bonds. The Labute approximate surface area is 106 Å². The molecular formula is C11H14N4O2S. The van der Waals surface area contributed by atoms with Crippen LogP contribution in [0.3, 0.4) is 0 Å². The van der Waals surface area contributed by atoms with Crippen molar-refractivity contribution in [3.8, 4) is 0 Å². The Kier molecular flexibility index (Phi) is 3.35. The minimum Gasteiger partial charge on any atom is -0.353 e. The summed E-state index contributed by atoms with van der Waals surface area (Å²) in [5.41, 5.74) is 1.65. The lowest BCUT2D eigenvalue weighted by molar-refractivity contribution is 0.588. The molecule has 6 nitrogen and oxygen atoms in total. The Bertz CT molecular complexity index is 631. The van der Waals surface area contributed by atoms with Crippen LogP contribution in [-0.4, -0.2) is 25.2 Å². The number of sulfonamides is 1. The molecular weight excluding hydrogens is 252 g/mol. The van der Waals surface area contributed by atoms with Gasteiger partial charge in [-0.1, -0.05) is 0 Å². The highest BCUT2D eigenvalue weighted by Crippen LogP contribution is 2.18. The zero-order valence-corrected chi connectivity index (χ0v) is 10.9. The Hall–Kier alpha value is -1.86. The fraction of sp³-hybridized carbons (Fsp3) is 0.182. The molecule has 0 radical (unpaired) electrons. The van der Waals surface area contributed by atoms with Crippen LogP contribution in [0.15, 0.2) is 41.6 Å². The van der Waals surface area contributed by atoms with Gasteiger partial charge in [0.15, 0.2) is 0 Å². The van der Waals surface area contributed by atoms with E-state index in [1.165, 1.54) is 7.05 Å². The van der Waals surface area contributed by atoms with Crippen LogP contribution in [0.5, 0.6) is 0 Å². The van der Waals surface area contributed by atoms with Crippen molar-refractivity contribution in [3.05, 3.63) is 36.7 Å². The van der Waals surface area contributed by atoms with E-state index in [0.29, 0.717) is 0 Å². The van der Waals surface area contributed by atoms with Crippen LogP contribution in [0.4, 0.5) is 11.4 Å². The Morgan fingerprint density at radius 3 is 2.33 bits per heavy atom. The summed E-state index contributed by atoms with van der Waals surface area (Å²) in [7, 11) is -0.165. The average Bonchev–Trinajstić information content (AvgIpc) is 2.75. The number of nitrogens with zero attached hydrogens (tertiary/aromatic N) is 2. The van der Waals surface area contributed by atoms with Gasteiger partial charge in [0.1, 0.15) is 0 Å². The maximum Gasteiger partial charge on any atom is 0.240 e. The Morgan fingerprint density at radius 1 is 1.17 bits per heavy atom. The SMILES string of the molecule is CNS(=O)(=O)c1ccc(Nc2cnn(C)c2)cc1. The van der Waals surface area contributed by atoms with E-state index in [4.69, 9.17) is 0 Å². The quantitative estimate of drug-likeness (QED) is 0.868. The van der Waals surface area contributed by atoms with Crippen molar-refractivity contribution in [1.29, 1.82) is 0 Å². The summed E-state index contributed by atoms with van der Waals surface area (Å²) in [6.07, 6.45) is 3.52. The average molecular weight is 266 g/mol. The number of aromatic nitrogens is 2. The van der Waals surface area contributed by atoms with Crippen molar-refractivity contribution in [3.63, 3.8) is 0 Å². The first-order chi connectivity index (χ1) is 8.51. The molecule has 2 N–H and O–H groups in total. The van der Waals surface area contributed by atoms with E-state index in [1.807, 2.05) is 13.2 Å². The molecule has 0 aliphatic rings. The molecule has 0 bridgehead atoms. The van der Waals surface area contributed by atoms with E-state index < -0.39 is 10.0 Å². The van der Waals surface area contributed by atoms with Gasteiger partial charge in [-0.05, 0) is 31.3 Å². The second-order valence-electron chi connectivity index (χ2n) is 3.76. The highest BCUT2D eigenvalue weighted by atomic mass is 32.2. The van der Waals surface area contributed by atoms with Crippen molar-refractivity contribution in [2.24, 2.45) is 7.05 Å². The molecule has 0 fully saturated rings. The van der Waals surface area contributed by atoms with E-state index in [9.17, 15) is 8.42 Å². The maximum atomic E-state index is 11.5. The van der Waals surface area contributed by atoms with Gasteiger partial charge in [0.25, 0.3) is 0 Å². The minimum absolute atomic E-state index is 0.238. The van der Waals surface area contributed by atoms with Crippen molar-refractivity contribution in [2.45, 2.75) is 4.90 Å². The summed E-state index contributed by atoms with van der Waals surface area (Å²) in [5.74, 6) is 0. The van der Waals surface area contributed by atoms with Gasteiger partial charge in [-0.15, -0.1) is 0 Å². The molecule has 0 unspecified atom stereocenters. The molecule has 0 aliphatic carbocycles. The normalized spacial score (nSPS) is 11.4. The third-order valence-corrected chi connectivity index (χ3v) is 3.86. The van der Waals surface area contributed by atoms with Crippen LogP contribution in [0.1, 0.15) is 0 Å². The van der Waals surface area contributed by atoms with Gasteiger partial charge in [-0.2, -0.15) is 5.10 Å². The Morgan fingerprint density at radius 2 is 1.83 bits per heavy atom. The molecule has 1 aromatic carbocycles. The van der Waals surface area contributed by atoms with Gasteiger partial charge in [0, 0.05) is 18.9 Å². The van der Waals surface area contributed by atoms with Crippen LogP contribution in [-0.2, 0) is 17.1 Å². The Balaban J connectivity index is 2.18. The van der Waals surface area contributed by atoms with Crippen molar-refractivity contribution in [2.75, 3.05) is 12.4 Å². The molecule has 7 heteroatoms. The lowest BCUT2D eigenvalue weighted by Gasteiger charge is -2.05. The van der Waals surface area contributed by atoms with Crippen LogP contribution in [0.2, 0.25) is 0 Å². The number of rotatable bonds is 4. The zero-order valence-electron chi connectivity index (χ0n) is 10.1. The summed E-state index contributed by atoms with van der Waals surface area (Å²) in [6.45, 7) is 0. The summed E-state index contributed by atoms with van der Waals surface area (Å²) in [5, 5.41) is 7.15. The third kappa shape index (κ3) is 2.69. The predicted octanol–water partition coefficient (Wildman–Crippen LogP) is 1.07. The van der Waals surface area contributed by atoms with Crippen molar-refractivity contribution >= 4 is 21.4 Å². The molecule has 96 valence electrons. The number of hydrogen-bond donors (Lipinski definition) is 2. The molecule has 2 aromatic rings. The fourth-order valence-corrected chi connectivity index (χ4v) is 2.22. The summed E-state index contributed by atoms with van der Waals surface area (Å²) < 4.78 is 27.0. The highest BCUT2D eigenvalue weighted by Gasteiger charge is 2.10. The van der Waals surface area contributed by atoms with E-state index in [0.717, 1.165) is 11.4 Å². The van der Waals surface area contributed by atoms with Gasteiger partial charge < -0.3 is 5.32 Å². The molecule has 1 heterocycles. The smallest absolute Gasteiger partial charge is 0.240 e. The van der Waals surface area contributed by atoms with Crippen LogP contribution < -0.4 is 10.0 Å². The number of benzene rings is 1. The molecule has 0 aliphatic heterocycles. The van der Waals surface area contributed by atoms with Gasteiger partial charge in [-0.25, -0.2) is 13.1 Å². The van der Waals surface area contributed by atoms with Crippen LogP contribution in [0.25, 0.3) is 0 Å². The van der Waals surface area contributed by atoms with Crippen molar-refractivity contribution in [1.82, 2.24) is 14.5 Å². The second kappa shape index (κ2) is 4.79. The third-order valence-electron chi connectivity index (χ3n) is 2.43. The van der Waals surface area contributed by atoms with Crippen LogP contribution in [0, 0.1) is 0 Å². The summed E-state index contributed by atoms with van der Waals surface area (Å²) in [6, 6.07) is 6.50. The monoisotopic (exact) mass is 266 g/mol. The topological polar surface area (TPSA) is 76.0 Å². The minimum atomic E-state index is -3.38. The standard InChI is InChI=1S/C11H14N4O2S/c1-12-18(16,17)11-5-3-9(4-6-11)14-10-7-13-15(2)8-10/h3-8,12,14H,1-2H3. The van der Waals surface area contributed by atoms with Crippen LogP contribution >= 0.6 is 0 Å². The molecule has 2 rings (SSSR count). The molecule has 18 heavy (non-hydrogen) atoms. The van der Waals surface area contributed by atoms with Gasteiger partial charge in [0.05, 0.1) is 16.8 Å². The van der Waals surface area contributed by atoms with E-state index in [-0.39, 0.29) is 4.90 Å². The maximum absolute atomic E-state index is 11.5.